The molecule has 0 saturated carbocycles. The van der Waals surface area contributed by atoms with Gasteiger partial charge in [-0.25, -0.2) is 0 Å². The first-order valence-corrected chi connectivity index (χ1v) is 6.87. The normalized spacial score (nSPS) is 13.1. The molecule has 4 heteroatoms. The van der Waals surface area contributed by atoms with Gasteiger partial charge in [0.1, 0.15) is 0 Å². The van der Waals surface area contributed by atoms with Gasteiger partial charge in [-0.1, -0.05) is 31.5 Å². The predicted molar refractivity (Wildman–Crippen MR) is 78.7 cm³/mol. The standard InChI is InChI=1S/C12H18ClIN2/c1-8(2)12(6-15)16-7-9-3-4-11(14)10(13)5-9/h3-5,8,12,16H,6-7,15H2,1-2H3. The van der Waals surface area contributed by atoms with E-state index in [0.29, 0.717) is 18.5 Å². The van der Waals surface area contributed by atoms with Crippen LogP contribution in [0.5, 0.6) is 0 Å². The molecule has 0 radical (unpaired) electrons. The summed E-state index contributed by atoms with van der Waals surface area (Å²) in [7, 11) is 0. The summed E-state index contributed by atoms with van der Waals surface area (Å²) in [5.41, 5.74) is 6.90. The first-order chi connectivity index (χ1) is 7.54. The van der Waals surface area contributed by atoms with Gasteiger partial charge in [0.15, 0.2) is 0 Å². The molecule has 1 unspecified atom stereocenters. The fourth-order valence-corrected chi connectivity index (χ4v) is 2.03. The van der Waals surface area contributed by atoms with E-state index < -0.39 is 0 Å². The maximum atomic E-state index is 6.07. The predicted octanol–water partition coefficient (Wildman–Crippen LogP) is 3.02. The van der Waals surface area contributed by atoms with E-state index in [-0.39, 0.29) is 0 Å². The van der Waals surface area contributed by atoms with Crippen molar-refractivity contribution >= 4 is 34.2 Å². The highest BCUT2D eigenvalue weighted by Crippen LogP contribution is 2.19. The molecule has 0 bridgehead atoms. The maximum absolute atomic E-state index is 6.07. The molecule has 90 valence electrons. The SMILES string of the molecule is CC(C)C(CN)NCc1ccc(I)c(Cl)c1. The van der Waals surface area contributed by atoms with Crippen LogP contribution in [0.15, 0.2) is 18.2 Å². The summed E-state index contributed by atoms with van der Waals surface area (Å²) in [5.74, 6) is 0.546. The van der Waals surface area contributed by atoms with Crippen molar-refractivity contribution < 1.29 is 0 Å². The minimum Gasteiger partial charge on any atom is -0.329 e. The first-order valence-electron chi connectivity index (χ1n) is 5.42. The Balaban J connectivity index is 2.57. The lowest BCUT2D eigenvalue weighted by Crippen LogP contribution is -2.39. The largest absolute Gasteiger partial charge is 0.329 e. The summed E-state index contributed by atoms with van der Waals surface area (Å²) in [6.07, 6.45) is 0. The van der Waals surface area contributed by atoms with Gasteiger partial charge in [-0.05, 0) is 46.2 Å². The van der Waals surface area contributed by atoms with E-state index >= 15 is 0 Å². The molecule has 0 aliphatic carbocycles. The quantitative estimate of drug-likeness (QED) is 0.800. The van der Waals surface area contributed by atoms with Crippen molar-refractivity contribution in [2.45, 2.75) is 26.4 Å². The highest BCUT2D eigenvalue weighted by molar-refractivity contribution is 14.1. The summed E-state index contributed by atoms with van der Waals surface area (Å²) in [4.78, 5) is 0. The molecule has 1 aromatic rings. The second kappa shape index (κ2) is 6.79. The third-order valence-corrected chi connectivity index (χ3v) is 4.18. The lowest BCUT2D eigenvalue weighted by molar-refractivity contribution is 0.405. The third-order valence-electron chi connectivity index (χ3n) is 2.61. The van der Waals surface area contributed by atoms with Crippen LogP contribution in [0.4, 0.5) is 0 Å². The van der Waals surface area contributed by atoms with Gasteiger partial charge in [0.2, 0.25) is 0 Å². The van der Waals surface area contributed by atoms with E-state index in [1.807, 2.05) is 12.1 Å². The molecular formula is C12H18ClIN2. The van der Waals surface area contributed by atoms with Crippen LogP contribution in [0.1, 0.15) is 19.4 Å². The highest BCUT2D eigenvalue weighted by Gasteiger charge is 2.10. The Morgan fingerprint density at radius 2 is 2.12 bits per heavy atom. The Bertz CT molecular complexity index is 342. The van der Waals surface area contributed by atoms with E-state index in [4.69, 9.17) is 17.3 Å². The van der Waals surface area contributed by atoms with Crippen LogP contribution >= 0.6 is 34.2 Å². The van der Waals surface area contributed by atoms with Crippen molar-refractivity contribution in [2.24, 2.45) is 11.7 Å². The molecule has 0 spiro atoms. The second-order valence-corrected chi connectivity index (χ2v) is 5.78. The van der Waals surface area contributed by atoms with E-state index in [0.717, 1.165) is 15.1 Å². The van der Waals surface area contributed by atoms with Crippen molar-refractivity contribution in [3.8, 4) is 0 Å². The summed E-state index contributed by atoms with van der Waals surface area (Å²) < 4.78 is 1.09. The number of rotatable bonds is 5. The molecule has 0 aliphatic rings. The Kier molecular flexibility index (Phi) is 6.03. The maximum Gasteiger partial charge on any atom is 0.0542 e. The van der Waals surface area contributed by atoms with Crippen LogP contribution in [0, 0.1) is 9.49 Å². The second-order valence-electron chi connectivity index (χ2n) is 4.22. The van der Waals surface area contributed by atoms with E-state index in [2.05, 4.69) is 47.8 Å². The van der Waals surface area contributed by atoms with Gasteiger partial charge in [-0.2, -0.15) is 0 Å². The number of halogens is 2. The molecule has 3 N–H and O–H groups in total. The van der Waals surface area contributed by atoms with Gasteiger partial charge in [0.05, 0.1) is 5.02 Å². The molecule has 0 heterocycles. The summed E-state index contributed by atoms with van der Waals surface area (Å²) in [6.45, 7) is 5.82. The lowest BCUT2D eigenvalue weighted by atomic mass is 10.0. The minimum absolute atomic E-state index is 0.359. The highest BCUT2D eigenvalue weighted by atomic mass is 127. The lowest BCUT2D eigenvalue weighted by Gasteiger charge is -2.20. The van der Waals surface area contributed by atoms with Gasteiger partial charge in [-0.3, -0.25) is 0 Å². The van der Waals surface area contributed by atoms with Crippen LogP contribution in [-0.2, 0) is 6.54 Å². The van der Waals surface area contributed by atoms with Crippen molar-refractivity contribution in [1.29, 1.82) is 0 Å². The zero-order valence-corrected chi connectivity index (χ0v) is 12.5. The zero-order chi connectivity index (χ0) is 12.1. The Hall–Kier alpha value is 0.160. The molecule has 0 saturated heterocycles. The van der Waals surface area contributed by atoms with E-state index in [1.165, 1.54) is 5.56 Å². The number of nitrogens with one attached hydrogen (secondary N) is 1. The Morgan fingerprint density at radius 3 is 2.62 bits per heavy atom. The smallest absolute Gasteiger partial charge is 0.0542 e. The van der Waals surface area contributed by atoms with E-state index in [1.54, 1.807) is 0 Å². The molecule has 1 atom stereocenters. The fourth-order valence-electron chi connectivity index (χ4n) is 1.49. The van der Waals surface area contributed by atoms with Gasteiger partial charge in [0.25, 0.3) is 0 Å². The number of benzene rings is 1. The molecule has 0 fully saturated rings. The topological polar surface area (TPSA) is 38.0 Å². The zero-order valence-electron chi connectivity index (χ0n) is 9.63. The third kappa shape index (κ3) is 4.20. The average Bonchev–Trinajstić information content (AvgIpc) is 2.23. The van der Waals surface area contributed by atoms with Crippen molar-refractivity contribution in [3.63, 3.8) is 0 Å². The van der Waals surface area contributed by atoms with Crippen molar-refractivity contribution in [3.05, 3.63) is 32.4 Å². The molecule has 1 aromatic carbocycles. The summed E-state index contributed by atoms with van der Waals surface area (Å²) in [6, 6.07) is 6.49. The van der Waals surface area contributed by atoms with Crippen molar-refractivity contribution in [1.82, 2.24) is 5.32 Å². The van der Waals surface area contributed by atoms with Gasteiger partial charge in [0, 0.05) is 22.7 Å². The summed E-state index contributed by atoms with van der Waals surface area (Å²) in [5, 5.41) is 4.26. The van der Waals surface area contributed by atoms with Crippen LogP contribution < -0.4 is 11.1 Å². The number of hydrogen-bond donors (Lipinski definition) is 2. The monoisotopic (exact) mass is 352 g/mol. The molecule has 16 heavy (non-hydrogen) atoms. The number of hydrogen-bond acceptors (Lipinski definition) is 2. The minimum atomic E-state index is 0.359. The van der Waals surface area contributed by atoms with Crippen LogP contribution in [0.2, 0.25) is 5.02 Å². The van der Waals surface area contributed by atoms with Gasteiger partial charge < -0.3 is 11.1 Å². The van der Waals surface area contributed by atoms with Crippen LogP contribution in [0.3, 0.4) is 0 Å². The Morgan fingerprint density at radius 1 is 1.44 bits per heavy atom. The summed E-state index contributed by atoms with van der Waals surface area (Å²) >= 11 is 8.29. The molecular weight excluding hydrogens is 335 g/mol. The fraction of sp³-hybridized carbons (Fsp3) is 0.500. The van der Waals surface area contributed by atoms with Crippen molar-refractivity contribution in [2.75, 3.05) is 6.54 Å². The van der Waals surface area contributed by atoms with Gasteiger partial charge in [-0.15, -0.1) is 0 Å². The molecule has 0 aromatic heterocycles. The Labute approximate surface area is 116 Å². The van der Waals surface area contributed by atoms with Gasteiger partial charge >= 0.3 is 0 Å². The van der Waals surface area contributed by atoms with E-state index in [9.17, 15) is 0 Å². The molecule has 0 amide bonds. The first kappa shape index (κ1) is 14.2. The van der Waals surface area contributed by atoms with Crippen LogP contribution in [-0.4, -0.2) is 12.6 Å². The number of nitrogens with two attached hydrogens (primary N) is 1. The molecule has 2 nitrogen and oxygen atoms in total. The molecule has 0 aliphatic heterocycles. The average molecular weight is 353 g/mol. The van der Waals surface area contributed by atoms with Crippen LogP contribution in [0.25, 0.3) is 0 Å². The molecule has 1 rings (SSSR count).